The molecule has 1 heterocycles. The Hall–Kier alpha value is -2.24. The second-order valence-electron chi connectivity index (χ2n) is 6.47. The van der Waals surface area contributed by atoms with Gasteiger partial charge in [0.2, 0.25) is 5.91 Å². The van der Waals surface area contributed by atoms with E-state index in [0.29, 0.717) is 10.7 Å². The second kappa shape index (κ2) is 8.92. The van der Waals surface area contributed by atoms with Crippen LogP contribution in [0.2, 0.25) is 5.02 Å². The summed E-state index contributed by atoms with van der Waals surface area (Å²) in [6.45, 7) is 2.23. The van der Waals surface area contributed by atoms with E-state index in [-0.39, 0.29) is 19.1 Å². The summed E-state index contributed by atoms with van der Waals surface area (Å²) >= 11 is 6.11. The first-order valence-corrected chi connectivity index (χ1v) is 9.31. The van der Waals surface area contributed by atoms with Crippen molar-refractivity contribution in [1.29, 1.82) is 0 Å². The van der Waals surface area contributed by atoms with E-state index in [1.807, 2.05) is 12.1 Å². The van der Waals surface area contributed by atoms with Gasteiger partial charge in [0, 0.05) is 24.5 Å². The fraction of sp³-hybridized carbons (Fsp3) is 0.350. The lowest BCUT2D eigenvalue weighted by molar-refractivity contribution is -0.114. The number of nitrogens with one attached hydrogen (secondary N) is 2. The van der Waals surface area contributed by atoms with Crippen LogP contribution in [-0.2, 0) is 11.4 Å². The zero-order valence-corrected chi connectivity index (χ0v) is 15.4. The van der Waals surface area contributed by atoms with Crippen LogP contribution in [0.25, 0.3) is 0 Å². The fourth-order valence-electron chi connectivity index (χ4n) is 3.09. The quantitative estimate of drug-likeness (QED) is 0.719. The van der Waals surface area contributed by atoms with E-state index in [1.165, 1.54) is 24.9 Å². The summed E-state index contributed by atoms with van der Waals surface area (Å²) in [5, 5.41) is 15.6. The highest BCUT2D eigenvalue weighted by Gasteiger charge is 2.11. The average molecular weight is 374 g/mol. The Balaban J connectivity index is 1.53. The molecule has 1 aliphatic rings. The first-order valence-electron chi connectivity index (χ1n) is 8.94. The third kappa shape index (κ3) is 4.90. The van der Waals surface area contributed by atoms with Gasteiger partial charge in [-0.2, -0.15) is 0 Å². The van der Waals surface area contributed by atoms with Crippen LogP contribution in [0.1, 0.15) is 24.8 Å². The highest BCUT2D eigenvalue weighted by Crippen LogP contribution is 2.23. The van der Waals surface area contributed by atoms with Crippen molar-refractivity contribution in [3.8, 4) is 0 Å². The van der Waals surface area contributed by atoms with Crippen molar-refractivity contribution in [3.63, 3.8) is 0 Å². The molecule has 0 saturated carbocycles. The molecular weight excluding hydrogens is 350 g/mol. The molecule has 0 bridgehead atoms. The summed E-state index contributed by atoms with van der Waals surface area (Å²) in [5.74, 6) is -0.152. The van der Waals surface area contributed by atoms with Gasteiger partial charge in [-0.05, 0) is 61.2 Å². The first kappa shape index (κ1) is 18.5. The number of benzene rings is 2. The zero-order chi connectivity index (χ0) is 18.4. The van der Waals surface area contributed by atoms with Gasteiger partial charge in [0.05, 0.1) is 23.9 Å². The zero-order valence-electron chi connectivity index (χ0n) is 14.7. The van der Waals surface area contributed by atoms with Crippen LogP contribution in [0, 0.1) is 0 Å². The number of piperidine rings is 1. The smallest absolute Gasteiger partial charge is 0.243 e. The molecule has 1 saturated heterocycles. The topological polar surface area (TPSA) is 64.6 Å². The molecule has 2 aromatic rings. The van der Waals surface area contributed by atoms with Crippen LogP contribution in [0.3, 0.4) is 0 Å². The van der Waals surface area contributed by atoms with Gasteiger partial charge in [0.15, 0.2) is 0 Å². The van der Waals surface area contributed by atoms with E-state index < -0.39 is 0 Å². The Kier molecular flexibility index (Phi) is 6.36. The van der Waals surface area contributed by atoms with Crippen molar-refractivity contribution >= 4 is 34.6 Å². The number of anilines is 3. The number of carbonyl (C=O) groups is 1. The van der Waals surface area contributed by atoms with Crippen LogP contribution in [0.5, 0.6) is 0 Å². The molecule has 6 heteroatoms. The van der Waals surface area contributed by atoms with Gasteiger partial charge < -0.3 is 20.6 Å². The van der Waals surface area contributed by atoms with Crippen molar-refractivity contribution < 1.29 is 9.90 Å². The third-order valence-electron chi connectivity index (χ3n) is 4.53. The number of nitrogens with zero attached hydrogens (tertiary/aromatic N) is 1. The van der Waals surface area contributed by atoms with Crippen molar-refractivity contribution in [1.82, 2.24) is 0 Å². The predicted octanol–water partition coefficient (Wildman–Crippen LogP) is 3.87. The van der Waals surface area contributed by atoms with Gasteiger partial charge >= 0.3 is 0 Å². The van der Waals surface area contributed by atoms with E-state index >= 15 is 0 Å². The highest BCUT2D eigenvalue weighted by molar-refractivity contribution is 6.33. The van der Waals surface area contributed by atoms with Gasteiger partial charge in [0.25, 0.3) is 0 Å². The summed E-state index contributed by atoms with van der Waals surface area (Å²) in [6.07, 6.45) is 3.79. The monoisotopic (exact) mass is 373 g/mol. The van der Waals surface area contributed by atoms with Gasteiger partial charge in [-0.25, -0.2) is 0 Å². The minimum atomic E-state index is -0.152. The number of amides is 1. The Morgan fingerprint density at radius 3 is 2.50 bits per heavy atom. The summed E-state index contributed by atoms with van der Waals surface area (Å²) in [5.41, 5.74) is 3.35. The molecule has 0 aliphatic carbocycles. The molecule has 0 aromatic heterocycles. The number of aliphatic hydroxyl groups is 1. The van der Waals surface area contributed by atoms with Crippen LogP contribution >= 0.6 is 11.6 Å². The molecule has 0 spiro atoms. The molecule has 3 N–H and O–H groups in total. The Bertz CT molecular complexity index is 743. The van der Waals surface area contributed by atoms with Crippen LogP contribution in [0.4, 0.5) is 17.1 Å². The molecule has 1 amide bonds. The SMILES string of the molecule is O=C(CNc1cc(CO)ccc1Cl)Nc1ccc(N2CCCCC2)cc1. The van der Waals surface area contributed by atoms with Crippen molar-refractivity contribution in [2.24, 2.45) is 0 Å². The lowest BCUT2D eigenvalue weighted by Crippen LogP contribution is -2.29. The van der Waals surface area contributed by atoms with Gasteiger partial charge in [0.1, 0.15) is 0 Å². The number of carbonyl (C=O) groups excluding carboxylic acids is 1. The number of hydrogen-bond donors (Lipinski definition) is 3. The number of rotatable bonds is 6. The third-order valence-corrected chi connectivity index (χ3v) is 4.85. The molecule has 1 aliphatic heterocycles. The fourth-order valence-corrected chi connectivity index (χ4v) is 3.28. The van der Waals surface area contributed by atoms with Crippen molar-refractivity contribution in [3.05, 3.63) is 53.1 Å². The van der Waals surface area contributed by atoms with E-state index in [9.17, 15) is 9.90 Å². The molecule has 2 aromatic carbocycles. The molecule has 0 atom stereocenters. The largest absolute Gasteiger partial charge is 0.392 e. The normalized spacial score (nSPS) is 14.2. The lowest BCUT2D eigenvalue weighted by Gasteiger charge is -2.28. The summed E-state index contributed by atoms with van der Waals surface area (Å²) in [4.78, 5) is 14.5. The van der Waals surface area contributed by atoms with Crippen LogP contribution in [-0.4, -0.2) is 30.6 Å². The molecule has 26 heavy (non-hydrogen) atoms. The number of aliphatic hydroxyl groups excluding tert-OH is 1. The molecule has 138 valence electrons. The van der Waals surface area contributed by atoms with Crippen molar-refractivity contribution in [2.45, 2.75) is 25.9 Å². The maximum atomic E-state index is 12.2. The molecule has 3 rings (SSSR count). The average Bonchev–Trinajstić information content (AvgIpc) is 2.68. The molecule has 1 fully saturated rings. The van der Waals surface area contributed by atoms with E-state index in [4.69, 9.17) is 11.6 Å². The van der Waals surface area contributed by atoms with Gasteiger partial charge in [-0.1, -0.05) is 17.7 Å². The minimum absolute atomic E-state index is 0.0680. The van der Waals surface area contributed by atoms with Crippen LogP contribution in [0.15, 0.2) is 42.5 Å². The summed E-state index contributed by atoms with van der Waals surface area (Å²) < 4.78 is 0. The van der Waals surface area contributed by atoms with Crippen LogP contribution < -0.4 is 15.5 Å². The first-order chi connectivity index (χ1) is 12.7. The highest BCUT2D eigenvalue weighted by atomic mass is 35.5. The summed E-state index contributed by atoms with van der Waals surface area (Å²) in [7, 11) is 0. The molecule has 5 nitrogen and oxygen atoms in total. The van der Waals surface area contributed by atoms with Gasteiger partial charge in [-0.15, -0.1) is 0 Å². The maximum absolute atomic E-state index is 12.2. The maximum Gasteiger partial charge on any atom is 0.243 e. The van der Waals surface area contributed by atoms with E-state index in [0.717, 1.165) is 24.3 Å². The number of hydrogen-bond acceptors (Lipinski definition) is 4. The predicted molar refractivity (Wildman–Crippen MR) is 107 cm³/mol. The Labute approximate surface area is 159 Å². The standard InChI is InChI=1S/C20H24ClN3O2/c21-18-9-4-15(14-25)12-19(18)22-13-20(26)23-16-5-7-17(8-6-16)24-10-2-1-3-11-24/h4-9,12,22,25H,1-3,10-11,13-14H2,(H,23,26). The lowest BCUT2D eigenvalue weighted by atomic mass is 10.1. The van der Waals surface area contributed by atoms with E-state index in [2.05, 4.69) is 27.7 Å². The van der Waals surface area contributed by atoms with E-state index in [1.54, 1.807) is 18.2 Å². The van der Waals surface area contributed by atoms with Gasteiger partial charge in [-0.3, -0.25) is 4.79 Å². The second-order valence-corrected chi connectivity index (χ2v) is 6.88. The summed E-state index contributed by atoms with van der Waals surface area (Å²) in [6, 6.07) is 13.2. The number of halogens is 1. The Morgan fingerprint density at radius 2 is 1.81 bits per heavy atom. The molecule has 0 radical (unpaired) electrons. The minimum Gasteiger partial charge on any atom is -0.392 e. The Morgan fingerprint density at radius 1 is 1.08 bits per heavy atom. The molecular formula is C20H24ClN3O2. The van der Waals surface area contributed by atoms with Crippen molar-refractivity contribution in [2.75, 3.05) is 35.2 Å². The molecule has 0 unspecified atom stereocenters.